The zero-order valence-corrected chi connectivity index (χ0v) is 24.8. The molecule has 0 aliphatic heterocycles. The predicted molar refractivity (Wildman–Crippen MR) is 154 cm³/mol. The molecule has 8 nitrogen and oxygen atoms in total. The van der Waals surface area contributed by atoms with Crippen LogP contribution >= 0.6 is 0 Å². The Morgan fingerprint density at radius 1 is 1.00 bits per heavy atom. The van der Waals surface area contributed by atoms with Gasteiger partial charge in [-0.15, -0.1) is 0 Å². The number of rotatable bonds is 11. The molecule has 5 atom stereocenters. The third-order valence-corrected chi connectivity index (χ3v) is 11.4. The van der Waals surface area contributed by atoms with Gasteiger partial charge < -0.3 is 25.2 Å². The number of carbonyl (C=O) groups is 3. The van der Waals surface area contributed by atoms with Gasteiger partial charge in [0.05, 0.1) is 30.1 Å². The molecular weight excluding hydrogens is 539 g/mol. The van der Waals surface area contributed by atoms with Gasteiger partial charge in [0.15, 0.2) is 11.6 Å². The first-order valence-electron chi connectivity index (χ1n) is 16.0. The summed E-state index contributed by atoms with van der Waals surface area (Å²) < 4.78 is 26.4. The highest BCUT2D eigenvalue weighted by Gasteiger charge is 2.52. The Balaban J connectivity index is 1.13. The van der Waals surface area contributed by atoms with E-state index in [0.29, 0.717) is 31.6 Å². The molecule has 0 heterocycles. The van der Waals surface area contributed by atoms with Gasteiger partial charge in [-0.1, -0.05) is 19.3 Å². The van der Waals surface area contributed by atoms with Crippen molar-refractivity contribution in [2.75, 3.05) is 13.7 Å². The average Bonchev–Trinajstić information content (AvgIpc) is 3.59. The SMILES string of the molecule is COc1cc(F)c(OC2CCC(C)(C(=O)O)CC2)cc1C(=O)N[C@@H]1[C@H]2CC[C@H](C2)[C@@H]1C(=O)NC[C@@H](C1CCC1)C1CC1. The van der Waals surface area contributed by atoms with Crippen LogP contribution in [0.5, 0.6) is 11.5 Å². The van der Waals surface area contributed by atoms with Crippen molar-refractivity contribution in [3.63, 3.8) is 0 Å². The molecule has 5 fully saturated rings. The van der Waals surface area contributed by atoms with Crippen LogP contribution in [0.25, 0.3) is 0 Å². The van der Waals surface area contributed by atoms with E-state index in [2.05, 4.69) is 10.6 Å². The number of amides is 2. The van der Waals surface area contributed by atoms with Crippen molar-refractivity contribution in [3.8, 4) is 11.5 Å². The number of benzene rings is 1. The van der Waals surface area contributed by atoms with Gasteiger partial charge in [0.25, 0.3) is 5.91 Å². The van der Waals surface area contributed by atoms with Crippen LogP contribution < -0.4 is 20.1 Å². The number of ether oxygens (including phenoxy) is 2. The molecule has 5 saturated carbocycles. The number of carboxylic acid groups (broad SMARTS) is 1. The van der Waals surface area contributed by atoms with Crippen molar-refractivity contribution < 1.29 is 33.4 Å². The molecule has 2 amide bonds. The first-order chi connectivity index (χ1) is 20.2. The lowest BCUT2D eigenvalue weighted by Crippen LogP contribution is -2.51. The zero-order chi connectivity index (χ0) is 29.6. The maximum Gasteiger partial charge on any atom is 0.309 e. The summed E-state index contributed by atoms with van der Waals surface area (Å²) in [5.41, 5.74) is -0.635. The smallest absolute Gasteiger partial charge is 0.309 e. The molecule has 42 heavy (non-hydrogen) atoms. The predicted octanol–water partition coefficient (Wildman–Crippen LogP) is 5.33. The van der Waals surface area contributed by atoms with Crippen LogP contribution in [-0.4, -0.2) is 48.7 Å². The molecule has 0 spiro atoms. The molecule has 6 rings (SSSR count). The van der Waals surface area contributed by atoms with E-state index in [9.17, 15) is 19.5 Å². The number of fused-ring (bicyclic) bond motifs is 2. The second kappa shape index (κ2) is 11.7. The van der Waals surface area contributed by atoms with Crippen molar-refractivity contribution in [1.29, 1.82) is 0 Å². The van der Waals surface area contributed by atoms with Crippen molar-refractivity contribution in [2.45, 2.75) is 96.1 Å². The number of aliphatic carboxylic acids is 1. The monoisotopic (exact) mass is 584 g/mol. The topological polar surface area (TPSA) is 114 Å². The minimum absolute atomic E-state index is 0.0470. The van der Waals surface area contributed by atoms with Gasteiger partial charge in [-0.2, -0.15) is 0 Å². The van der Waals surface area contributed by atoms with Gasteiger partial charge >= 0.3 is 5.97 Å². The molecule has 5 aliphatic carbocycles. The molecule has 9 heteroatoms. The summed E-state index contributed by atoms with van der Waals surface area (Å²) in [7, 11) is 1.39. The van der Waals surface area contributed by atoms with Gasteiger partial charge in [0.2, 0.25) is 5.91 Å². The minimum atomic E-state index is -0.829. The molecule has 2 bridgehead atoms. The van der Waals surface area contributed by atoms with Crippen LogP contribution in [0.1, 0.15) is 94.3 Å². The number of hydrogen-bond acceptors (Lipinski definition) is 5. The highest BCUT2D eigenvalue weighted by molar-refractivity contribution is 5.98. The Hall–Kier alpha value is -2.84. The van der Waals surface area contributed by atoms with E-state index in [4.69, 9.17) is 9.47 Å². The standard InChI is InChI=1S/C33H45FN2O6/c1-33(32(39)40)12-10-22(11-13-33)42-27-15-23(26(41-2)16-25(27)34)30(37)36-29-21-9-8-20(14-21)28(29)31(38)35-17-24(19-6-7-19)18-4-3-5-18/h15-16,18-22,24,28-29H,3-14,17H2,1-2H3,(H,35,38)(H,36,37)(H,39,40)/t20-,21+,22?,24+,28+,29-,33?/m1/s1. The average molecular weight is 585 g/mol. The molecule has 0 saturated heterocycles. The first-order valence-corrected chi connectivity index (χ1v) is 16.0. The van der Waals surface area contributed by atoms with Crippen molar-refractivity contribution >= 4 is 17.8 Å². The Morgan fingerprint density at radius 3 is 2.31 bits per heavy atom. The van der Waals surface area contributed by atoms with E-state index in [1.165, 1.54) is 45.3 Å². The summed E-state index contributed by atoms with van der Waals surface area (Å²) in [5.74, 6) is 0.569. The van der Waals surface area contributed by atoms with E-state index in [-0.39, 0.29) is 52.9 Å². The number of halogens is 1. The van der Waals surface area contributed by atoms with Crippen LogP contribution in [0.15, 0.2) is 12.1 Å². The van der Waals surface area contributed by atoms with Crippen LogP contribution in [0.3, 0.4) is 0 Å². The van der Waals surface area contributed by atoms with Crippen LogP contribution in [-0.2, 0) is 9.59 Å². The third-order valence-electron chi connectivity index (χ3n) is 11.4. The lowest BCUT2D eigenvalue weighted by Gasteiger charge is -2.35. The molecular formula is C33H45FN2O6. The maximum atomic E-state index is 15.0. The molecule has 1 aromatic rings. The highest BCUT2D eigenvalue weighted by atomic mass is 19.1. The van der Waals surface area contributed by atoms with E-state index >= 15 is 4.39 Å². The molecule has 3 N–H and O–H groups in total. The van der Waals surface area contributed by atoms with Gasteiger partial charge in [0.1, 0.15) is 5.75 Å². The second-order valence-electron chi connectivity index (χ2n) is 14.0. The summed E-state index contributed by atoms with van der Waals surface area (Å²) in [4.78, 5) is 38.8. The molecule has 0 unspecified atom stereocenters. The minimum Gasteiger partial charge on any atom is -0.496 e. The Labute approximate surface area is 247 Å². The Kier molecular flexibility index (Phi) is 8.13. The van der Waals surface area contributed by atoms with Crippen LogP contribution in [0.4, 0.5) is 4.39 Å². The number of nitrogens with one attached hydrogen (secondary N) is 2. The van der Waals surface area contributed by atoms with Gasteiger partial charge in [-0.25, -0.2) is 4.39 Å². The van der Waals surface area contributed by atoms with E-state index < -0.39 is 23.1 Å². The number of carboxylic acids is 1. The molecule has 0 radical (unpaired) electrons. The normalized spacial score (nSPS) is 33.0. The molecule has 0 aromatic heterocycles. The largest absolute Gasteiger partial charge is 0.496 e. The molecule has 1 aromatic carbocycles. The van der Waals surface area contributed by atoms with E-state index in [1.807, 2.05) is 0 Å². The van der Waals surface area contributed by atoms with Crippen LogP contribution in [0, 0.1) is 46.7 Å². The fraction of sp³-hybridized carbons (Fsp3) is 0.727. The quantitative estimate of drug-likeness (QED) is 0.324. The molecule has 230 valence electrons. The fourth-order valence-corrected chi connectivity index (χ4v) is 8.26. The zero-order valence-electron chi connectivity index (χ0n) is 24.8. The Bertz CT molecular complexity index is 1210. The van der Waals surface area contributed by atoms with Crippen molar-refractivity contribution in [3.05, 3.63) is 23.5 Å². The first kappa shape index (κ1) is 29.2. The molecule has 5 aliphatic rings. The van der Waals surface area contributed by atoms with E-state index in [0.717, 1.165) is 43.7 Å². The summed E-state index contributed by atoms with van der Waals surface area (Å²) in [5, 5.41) is 16.0. The fourth-order valence-electron chi connectivity index (χ4n) is 8.26. The Morgan fingerprint density at radius 2 is 1.69 bits per heavy atom. The third kappa shape index (κ3) is 5.72. The second-order valence-corrected chi connectivity index (χ2v) is 14.0. The van der Waals surface area contributed by atoms with Crippen molar-refractivity contribution in [1.82, 2.24) is 10.6 Å². The number of methoxy groups -OCH3 is 1. The summed E-state index contributed by atoms with van der Waals surface area (Å²) in [6.45, 7) is 2.47. The summed E-state index contributed by atoms with van der Waals surface area (Å²) in [6, 6.07) is 2.28. The lowest BCUT2D eigenvalue weighted by molar-refractivity contribution is -0.150. The highest BCUT2D eigenvalue weighted by Crippen LogP contribution is 2.50. The number of carbonyl (C=O) groups excluding carboxylic acids is 2. The number of hydrogen-bond donors (Lipinski definition) is 3. The summed E-state index contributed by atoms with van der Waals surface area (Å²) in [6.07, 6.45) is 10.8. The van der Waals surface area contributed by atoms with Crippen molar-refractivity contribution in [2.24, 2.45) is 40.9 Å². The van der Waals surface area contributed by atoms with Gasteiger partial charge in [-0.05, 0) is 100 Å². The summed E-state index contributed by atoms with van der Waals surface area (Å²) >= 11 is 0. The van der Waals surface area contributed by atoms with Gasteiger partial charge in [0, 0.05) is 18.7 Å². The van der Waals surface area contributed by atoms with Gasteiger partial charge in [-0.3, -0.25) is 14.4 Å². The van der Waals surface area contributed by atoms with Crippen LogP contribution in [0.2, 0.25) is 0 Å². The van der Waals surface area contributed by atoms with E-state index in [1.54, 1.807) is 6.92 Å². The maximum absolute atomic E-state index is 15.0. The lowest BCUT2D eigenvalue weighted by atomic mass is 9.73.